The molecule has 0 bridgehead atoms. The summed E-state index contributed by atoms with van der Waals surface area (Å²) in [5.41, 5.74) is 4.05. The number of carbonyl (C=O) groups is 1. The molecule has 0 saturated heterocycles. The standard InChI is InChI=1S/C22H26N4OS/c1-6-16-11-21(28-13-20(27)25(14(2)3)15(4)5)26-19-10-8-7-9-18(19)24-22(26)17(16)12-23/h7-11,14-15H,6,13H2,1-5H3. The molecule has 6 heteroatoms. The lowest BCUT2D eigenvalue weighted by molar-refractivity contribution is -0.131. The average Bonchev–Trinajstić information content (AvgIpc) is 3.04. The number of fused-ring (bicyclic) bond motifs is 3. The first-order chi connectivity index (χ1) is 13.4. The zero-order valence-corrected chi connectivity index (χ0v) is 17.9. The number of imidazole rings is 1. The Kier molecular flexibility index (Phi) is 5.95. The number of aryl methyl sites for hydroxylation is 1. The van der Waals surface area contributed by atoms with Crippen molar-refractivity contribution in [2.24, 2.45) is 0 Å². The maximum atomic E-state index is 12.8. The van der Waals surface area contributed by atoms with Crippen molar-refractivity contribution in [1.82, 2.24) is 14.3 Å². The van der Waals surface area contributed by atoms with E-state index in [1.54, 1.807) is 0 Å². The Morgan fingerprint density at radius 3 is 2.54 bits per heavy atom. The van der Waals surface area contributed by atoms with E-state index in [1.807, 2.05) is 74.3 Å². The van der Waals surface area contributed by atoms with Crippen molar-refractivity contribution in [3.05, 3.63) is 41.5 Å². The van der Waals surface area contributed by atoms with Crippen LogP contribution in [0.15, 0.2) is 35.4 Å². The van der Waals surface area contributed by atoms with Crippen molar-refractivity contribution in [3.8, 4) is 6.07 Å². The number of nitriles is 1. The van der Waals surface area contributed by atoms with Gasteiger partial charge in [-0.05, 0) is 57.9 Å². The number of aromatic nitrogens is 2. The quantitative estimate of drug-likeness (QED) is 0.571. The van der Waals surface area contributed by atoms with Gasteiger partial charge >= 0.3 is 0 Å². The van der Waals surface area contributed by atoms with Crippen molar-refractivity contribution >= 4 is 34.3 Å². The van der Waals surface area contributed by atoms with Crippen molar-refractivity contribution < 1.29 is 4.79 Å². The Morgan fingerprint density at radius 1 is 1.25 bits per heavy atom. The van der Waals surface area contributed by atoms with E-state index >= 15 is 0 Å². The fraction of sp³-hybridized carbons (Fsp3) is 0.409. The number of para-hydroxylation sites is 2. The average molecular weight is 395 g/mol. The van der Waals surface area contributed by atoms with Crippen LogP contribution in [0.3, 0.4) is 0 Å². The van der Waals surface area contributed by atoms with Gasteiger partial charge in [0.1, 0.15) is 6.07 Å². The number of thioether (sulfide) groups is 1. The van der Waals surface area contributed by atoms with E-state index in [4.69, 9.17) is 4.98 Å². The maximum absolute atomic E-state index is 12.8. The molecule has 0 aliphatic rings. The first kappa shape index (κ1) is 20.2. The predicted octanol–water partition coefficient (Wildman–Crippen LogP) is 4.66. The summed E-state index contributed by atoms with van der Waals surface area (Å²) in [5.74, 6) is 0.475. The molecule has 146 valence electrons. The van der Waals surface area contributed by atoms with E-state index in [-0.39, 0.29) is 18.0 Å². The molecule has 0 aliphatic carbocycles. The van der Waals surface area contributed by atoms with E-state index < -0.39 is 0 Å². The van der Waals surface area contributed by atoms with E-state index in [1.165, 1.54) is 11.8 Å². The van der Waals surface area contributed by atoms with E-state index in [2.05, 4.69) is 6.07 Å². The van der Waals surface area contributed by atoms with Gasteiger partial charge in [0.25, 0.3) is 0 Å². The fourth-order valence-corrected chi connectivity index (χ4v) is 4.70. The third kappa shape index (κ3) is 3.59. The second-order valence-corrected chi connectivity index (χ2v) is 8.38. The summed E-state index contributed by atoms with van der Waals surface area (Å²) in [4.78, 5) is 19.5. The Balaban J connectivity index is 2.08. The molecule has 2 aromatic heterocycles. The molecule has 0 unspecified atom stereocenters. The van der Waals surface area contributed by atoms with Crippen LogP contribution < -0.4 is 0 Å². The Bertz CT molecular complexity index is 1050. The topological polar surface area (TPSA) is 61.4 Å². The van der Waals surface area contributed by atoms with E-state index in [0.717, 1.165) is 28.0 Å². The van der Waals surface area contributed by atoms with Gasteiger partial charge in [0.05, 0.1) is 27.4 Å². The third-order valence-electron chi connectivity index (χ3n) is 4.86. The first-order valence-electron chi connectivity index (χ1n) is 9.66. The van der Waals surface area contributed by atoms with Crippen LogP contribution >= 0.6 is 11.8 Å². The van der Waals surface area contributed by atoms with Gasteiger partial charge in [-0.15, -0.1) is 0 Å². The second-order valence-electron chi connectivity index (χ2n) is 7.38. The summed E-state index contributed by atoms with van der Waals surface area (Å²) in [6.45, 7) is 10.2. The number of pyridine rings is 1. The van der Waals surface area contributed by atoms with Crippen LogP contribution in [-0.4, -0.2) is 38.0 Å². The lowest BCUT2D eigenvalue weighted by Crippen LogP contribution is -2.43. The van der Waals surface area contributed by atoms with Crippen molar-refractivity contribution in [2.45, 2.75) is 58.1 Å². The molecular formula is C22H26N4OS. The SMILES string of the molecule is CCc1cc(SCC(=O)N(C(C)C)C(C)C)n2c(nc3ccccc32)c1C#N. The van der Waals surface area contributed by atoms with E-state index in [9.17, 15) is 10.1 Å². The number of nitrogens with zero attached hydrogens (tertiary/aromatic N) is 4. The largest absolute Gasteiger partial charge is 0.337 e. The van der Waals surface area contributed by atoms with E-state index in [0.29, 0.717) is 17.0 Å². The minimum Gasteiger partial charge on any atom is -0.337 e. The highest BCUT2D eigenvalue weighted by Gasteiger charge is 2.22. The normalized spacial score (nSPS) is 11.5. The molecule has 0 spiro atoms. The number of rotatable bonds is 6. The number of carbonyl (C=O) groups excluding carboxylic acids is 1. The summed E-state index contributed by atoms with van der Waals surface area (Å²) in [6.07, 6.45) is 0.744. The van der Waals surface area contributed by atoms with Gasteiger partial charge in [-0.3, -0.25) is 9.20 Å². The molecule has 0 N–H and O–H groups in total. The molecule has 3 aromatic rings. The molecule has 28 heavy (non-hydrogen) atoms. The summed E-state index contributed by atoms with van der Waals surface area (Å²) in [5, 5.41) is 10.7. The van der Waals surface area contributed by atoms with Crippen LogP contribution in [0.2, 0.25) is 0 Å². The minimum atomic E-state index is 0.120. The predicted molar refractivity (Wildman–Crippen MR) is 115 cm³/mol. The summed E-state index contributed by atoms with van der Waals surface area (Å²) < 4.78 is 2.01. The van der Waals surface area contributed by atoms with Crippen LogP contribution in [0.1, 0.15) is 45.7 Å². The van der Waals surface area contributed by atoms with Crippen molar-refractivity contribution in [3.63, 3.8) is 0 Å². The molecule has 0 fully saturated rings. The zero-order chi connectivity index (χ0) is 20.4. The molecule has 1 aromatic carbocycles. The molecule has 0 atom stereocenters. The Hall–Kier alpha value is -2.52. The number of hydrogen-bond donors (Lipinski definition) is 0. The number of benzene rings is 1. The second kappa shape index (κ2) is 8.24. The Morgan fingerprint density at radius 2 is 1.93 bits per heavy atom. The van der Waals surface area contributed by atoms with Crippen LogP contribution in [0.5, 0.6) is 0 Å². The van der Waals surface area contributed by atoms with Crippen molar-refractivity contribution in [2.75, 3.05) is 5.75 Å². The zero-order valence-electron chi connectivity index (χ0n) is 17.1. The molecular weight excluding hydrogens is 368 g/mol. The van der Waals surface area contributed by atoms with Crippen molar-refractivity contribution in [1.29, 1.82) is 5.26 Å². The van der Waals surface area contributed by atoms with Gasteiger partial charge in [-0.25, -0.2) is 4.98 Å². The molecule has 1 amide bonds. The Labute approximate surface area is 170 Å². The lowest BCUT2D eigenvalue weighted by atomic mass is 10.1. The van der Waals surface area contributed by atoms with Crippen LogP contribution in [0, 0.1) is 11.3 Å². The van der Waals surface area contributed by atoms with Gasteiger partial charge in [0.2, 0.25) is 5.91 Å². The molecule has 0 saturated carbocycles. The first-order valence-corrected chi connectivity index (χ1v) is 10.6. The van der Waals surface area contributed by atoms with Gasteiger partial charge in [-0.1, -0.05) is 30.8 Å². The van der Waals surface area contributed by atoms with Gasteiger partial charge in [-0.2, -0.15) is 5.26 Å². The maximum Gasteiger partial charge on any atom is 0.233 e. The minimum absolute atomic E-state index is 0.120. The fourth-order valence-electron chi connectivity index (χ4n) is 3.74. The molecule has 0 aliphatic heterocycles. The molecule has 5 nitrogen and oxygen atoms in total. The highest BCUT2D eigenvalue weighted by atomic mass is 32.2. The highest BCUT2D eigenvalue weighted by molar-refractivity contribution is 7.99. The lowest BCUT2D eigenvalue weighted by Gasteiger charge is -2.30. The van der Waals surface area contributed by atoms with Gasteiger partial charge < -0.3 is 4.90 Å². The van der Waals surface area contributed by atoms with Crippen LogP contribution in [-0.2, 0) is 11.2 Å². The van der Waals surface area contributed by atoms with Gasteiger partial charge in [0.15, 0.2) is 5.65 Å². The van der Waals surface area contributed by atoms with Crippen LogP contribution in [0.25, 0.3) is 16.7 Å². The monoisotopic (exact) mass is 394 g/mol. The molecule has 2 heterocycles. The number of hydrogen-bond acceptors (Lipinski definition) is 4. The molecule has 3 rings (SSSR count). The van der Waals surface area contributed by atoms with Gasteiger partial charge in [0, 0.05) is 12.1 Å². The van der Waals surface area contributed by atoms with Crippen LogP contribution in [0.4, 0.5) is 0 Å². The molecule has 0 radical (unpaired) electrons. The summed E-state index contributed by atoms with van der Waals surface area (Å²) in [7, 11) is 0. The third-order valence-corrected chi connectivity index (χ3v) is 5.85. The number of amides is 1. The highest BCUT2D eigenvalue weighted by Crippen LogP contribution is 2.30. The summed E-state index contributed by atoms with van der Waals surface area (Å²) >= 11 is 1.51. The smallest absolute Gasteiger partial charge is 0.233 e. The summed E-state index contributed by atoms with van der Waals surface area (Å²) in [6, 6.07) is 12.5.